The molecule has 0 radical (unpaired) electrons. The normalized spacial score (nSPS) is 21.6. The zero-order chi connectivity index (χ0) is 17.5. The summed E-state index contributed by atoms with van der Waals surface area (Å²) in [5, 5.41) is 6.85. The quantitative estimate of drug-likeness (QED) is 0.637. The van der Waals surface area contributed by atoms with Crippen LogP contribution in [0, 0.1) is 5.92 Å². The largest absolute Gasteiger partial charge is 0.356 e. The fraction of sp³-hybridized carbons (Fsp3) is 0.600. The number of carbonyl (C=O) groups is 1. The van der Waals surface area contributed by atoms with E-state index in [1.54, 1.807) is 7.05 Å². The lowest BCUT2D eigenvalue weighted by Gasteiger charge is -2.21. The summed E-state index contributed by atoms with van der Waals surface area (Å²) in [5.74, 6) is 1.48. The number of aliphatic imine (C=N–C) groups is 1. The Labute approximate surface area is 150 Å². The van der Waals surface area contributed by atoms with Crippen molar-refractivity contribution < 1.29 is 4.79 Å². The van der Waals surface area contributed by atoms with Crippen molar-refractivity contribution in [2.24, 2.45) is 10.9 Å². The molecule has 1 aromatic rings. The van der Waals surface area contributed by atoms with E-state index < -0.39 is 0 Å². The average Bonchev–Trinajstić information content (AvgIpc) is 3.33. The van der Waals surface area contributed by atoms with Gasteiger partial charge in [-0.15, -0.1) is 0 Å². The molecule has 1 saturated heterocycles. The Hall–Kier alpha value is -2.04. The van der Waals surface area contributed by atoms with Crippen molar-refractivity contribution in [1.82, 2.24) is 15.5 Å². The van der Waals surface area contributed by atoms with Crippen molar-refractivity contribution in [2.75, 3.05) is 26.7 Å². The number of nitrogens with zero attached hydrogens (tertiary/aromatic N) is 2. The summed E-state index contributed by atoms with van der Waals surface area (Å²) in [4.78, 5) is 18.9. The van der Waals surface area contributed by atoms with Gasteiger partial charge in [0.2, 0.25) is 5.91 Å². The molecule has 3 rings (SSSR count). The van der Waals surface area contributed by atoms with Crippen LogP contribution in [-0.4, -0.2) is 49.5 Å². The molecule has 1 aromatic carbocycles. The second kappa shape index (κ2) is 8.88. The maximum absolute atomic E-state index is 12.5. The van der Waals surface area contributed by atoms with Crippen molar-refractivity contribution in [3.63, 3.8) is 0 Å². The first-order valence-corrected chi connectivity index (χ1v) is 9.56. The van der Waals surface area contributed by atoms with E-state index in [1.807, 2.05) is 11.0 Å². The van der Waals surface area contributed by atoms with Crippen LogP contribution < -0.4 is 10.6 Å². The number of hydrogen-bond donors (Lipinski definition) is 2. The van der Waals surface area contributed by atoms with Crippen LogP contribution in [-0.2, 0) is 11.2 Å². The zero-order valence-electron chi connectivity index (χ0n) is 15.2. The molecule has 0 spiro atoms. The van der Waals surface area contributed by atoms with Crippen LogP contribution in [0.3, 0.4) is 0 Å². The summed E-state index contributed by atoms with van der Waals surface area (Å²) in [6, 6.07) is 10.8. The van der Waals surface area contributed by atoms with Crippen molar-refractivity contribution in [3.05, 3.63) is 35.9 Å². The van der Waals surface area contributed by atoms with E-state index in [1.165, 1.54) is 18.4 Å². The lowest BCUT2D eigenvalue weighted by atomic mass is 10.1. The molecule has 1 aliphatic heterocycles. The van der Waals surface area contributed by atoms with Crippen LogP contribution in [0.2, 0.25) is 0 Å². The van der Waals surface area contributed by atoms with Crippen molar-refractivity contribution in [3.8, 4) is 0 Å². The molecule has 5 heteroatoms. The first-order valence-electron chi connectivity index (χ1n) is 9.56. The first-order chi connectivity index (χ1) is 12.3. The highest BCUT2D eigenvalue weighted by Gasteiger charge is 2.32. The fourth-order valence-corrected chi connectivity index (χ4v) is 3.87. The molecule has 2 N–H and O–H groups in total. The molecular weight excluding hydrogens is 312 g/mol. The summed E-state index contributed by atoms with van der Waals surface area (Å²) < 4.78 is 0. The number of rotatable bonds is 5. The van der Waals surface area contributed by atoms with Gasteiger partial charge >= 0.3 is 0 Å². The van der Waals surface area contributed by atoms with Crippen LogP contribution in [0.25, 0.3) is 0 Å². The van der Waals surface area contributed by atoms with Gasteiger partial charge in [-0.3, -0.25) is 9.79 Å². The van der Waals surface area contributed by atoms with Gasteiger partial charge < -0.3 is 15.5 Å². The number of hydrogen-bond acceptors (Lipinski definition) is 2. The van der Waals surface area contributed by atoms with Crippen LogP contribution >= 0.6 is 0 Å². The maximum Gasteiger partial charge on any atom is 0.225 e. The van der Waals surface area contributed by atoms with Crippen molar-refractivity contribution in [1.29, 1.82) is 0 Å². The molecule has 2 aliphatic rings. The van der Waals surface area contributed by atoms with Crippen LogP contribution in [0.15, 0.2) is 35.3 Å². The van der Waals surface area contributed by atoms with E-state index in [9.17, 15) is 4.79 Å². The maximum atomic E-state index is 12.5. The molecule has 1 saturated carbocycles. The summed E-state index contributed by atoms with van der Waals surface area (Å²) in [6.07, 6.45) is 6.55. The number of carbonyl (C=O) groups excluding carboxylic acids is 1. The standard InChI is InChI=1S/C20H30N4O/c1-21-20(22-13-11-16-7-3-2-4-8-16)23-18-12-14-24(15-18)19(25)17-9-5-6-10-17/h2-4,7-8,17-18H,5-6,9-15H2,1H3,(H2,21,22,23). The monoisotopic (exact) mass is 342 g/mol. The van der Waals surface area contributed by atoms with E-state index in [2.05, 4.69) is 39.9 Å². The Kier molecular flexibility index (Phi) is 6.31. The molecule has 0 aromatic heterocycles. The SMILES string of the molecule is CN=C(NCCc1ccccc1)NC1CCN(C(=O)C2CCCC2)C1. The van der Waals surface area contributed by atoms with Crippen LogP contribution in [0.5, 0.6) is 0 Å². The minimum atomic E-state index is 0.280. The second-order valence-corrected chi connectivity index (χ2v) is 7.13. The Bertz CT molecular complexity index is 581. The van der Waals surface area contributed by atoms with Gasteiger partial charge in [0.15, 0.2) is 5.96 Å². The van der Waals surface area contributed by atoms with Gasteiger partial charge in [-0.2, -0.15) is 0 Å². The molecule has 5 nitrogen and oxygen atoms in total. The molecule has 25 heavy (non-hydrogen) atoms. The highest BCUT2D eigenvalue weighted by Crippen LogP contribution is 2.27. The van der Waals surface area contributed by atoms with Gasteiger partial charge in [-0.1, -0.05) is 43.2 Å². The van der Waals surface area contributed by atoms with E-state index in [0.29, 0.717) is 11.9 Å². The third kappa shape index (κ3) is 4.97. The number of likely N-dealkylation sites (tertiary alicyclic amines) is 1. The van der Waals surface area contributed by atoms with Crippen LogP contribution in [0.1, 0.15) is 37.7 Å². The van der Waals surface area contributed by atoms with Crippen LogP contribution in [0.4, 0.5) is 0 Å². The Morgan fingerprint density at radius 1 is 1.20 bits per heavy atom. The summed E-state index contributed by atoms with van der Waals surface area (Å²) >= 11 is 0. The van der Waals surface area contributed by atoms with E-state index in [0.717, 1.165) is 51.3 Å². The second-order valence-electron chi connectivity index (χ2n) is 7.13. The third-order valence-corrected chi connectivity index (χ3v) is 5.32. The summed E-state index contributed by atoms with van der Waals surface area (Å²) in [5.41, 5.74) is 1.32. The molecule has 0 bridgehead atoms. The van der Waals surface area contributed by atoms with Gasteiger partial charge in [0, 0.05) is 38.6 Å². The average molecular weight is 342 g/mol. The molecular formula is C20H30N4O. The molecule has 1 aliphatic carbocycles. The van der Waals surface area contributed by atoms with E-state index in [4.69, 9.17) is 0 Å². The van der Waals surface area contributed by atoms with Gasteiger partial charge in [0.1, 0.15) is 0 Å². The number of amides is 1. The van der Waals surface area contributed by atoms with Gasteiger partial charge in [-0.05, 0) is 31.2 Å². The zero-order valence-corrected chi connectivity index (χ0v) is 15.2. The lowest BCUT2D eigenvalue weighted by molar-refractivity contribution is -0.134. The van der Waals surface area contributed by atoms with E-state index >= 15 is 0 Å². The molecule has 1 atom stereocenters. The Balaban J connectivity index is 1.41. The number of benzene rings is 1. The van der Waals surface area contributed by atoms with Crippen molar-refractivity contribution >= 4 is 11.9 Å². The third-order valence-electron chi connectivity index (χ3n) is 5.32. The number of nitrogens with one attached hydrogen (secondary N) is 2. The molecule has 1 unspecified atom stereocenters. The highest BCUT2D eigenvalue weighted by atomic mass is 16.2. The highest BCUT2D eigenvalue weighted by molar-refractivity contribution is 5.81. The smallest absolute Gasteiger partial charge is 0.225 e. The molecule has 1 heterocycles. The minimum Gasteiger partial charge on any atom is -0.356 e. The molecule has 1 amide bonds. The predicted molar refractivity (Wildman–Crippen MR) is 102 cm³/mol. The first kappa shape index (κ1) is 17.8. The Morgan fingerprint density at radius 2 is 1.96 bits per heavy atom. The predicted octanol–water partition coefficient (Wildman–Crippen LogP) is 2.19. The summed E-state index contributed by atoms with van der Waals surface area (Å²) in [7, 11) is 1.80. The number of guanidine groups is 1. The van der Waals surface area contributed by atoms with Gasteiger partial charge in [0.25, 0.3) is 0 Å². The summed E-state index contributed by atoms with van der Waals surface area (Å²) in [6.45, 7) is 2.52. The lowest BCUT2D eigenvalue weighted by Crippen LogP contribution is -2.45. The van der Waals surface area contributed by atoms with Crippen molar-refractivity contribution in [2.45, 2.75) is 44.6 Å². The van der Waals surface area contributed by atoms with Gasteiger partial charge in [-0.25, -0.2) is 0 Å². The minimum absolute atomic E-state index is 0.280. The van der Waals surface area contributed by atoms with E-state index in [-0.39, 0.29) is 5.92 Å². The Morgan fingerprint density at radius 3 is 2.68 bits per heavy atom. The molecule has 2 fully saturated rings. The fourth-order valence-electron chi connectivity index (χ4n) is 3.87. The molecule has 136 valence electrons. The topological polar surface area (TPSA) is 56.7 Å². The van der Waals surface area contributed by atoms with Gasteiger partial charge in [0.05, 0.1) is 0 Å².